The van der Waals surface area contributed by atoms with Gasteiger partial charge in [-0.2, -0.15) is 0 Å². The number of nitrogens with one attached hydrogen (secondary N) is 1. The summed E-state index contributed by atoms with van der Waals surface area (Å²) in [5.41, 5.74) is -0.566. The van der Waals surface area contributed by atoms with Crippen LogP contribution in [0.4, 0.5) is 13.2 Å². The van der Waals surface area contributed by atoms with Gasteiger partial charge in [0.05, 0.1) is 5.56 Å². The summed E-state index contributed by atoms with van der Waals surface area (Å²) >= 11 is 0. The molecule has 4 rings (SSSR count). The van der Waals surface area contributed by atoms with Crippen LogP contribution in [0, 0.1) is 0 Å². The van der Waals surface area contributed by atoms with E-state index in [0.717, 1.165) is 5.39 Å². The molecule has 0 heterocycles. The zero-order valence-corrected chi connectivity index (χ0v) is 18.0. The highest BCUT2D eigenvalue weighted by Crippen LogP contribution is 2.34. The van der Waals surface area contributed by atoms with E-state index in [0.29, 0.717) is 36.6 Å². The van der Waals surface area contributed by atoms with Gasteiger partial charge in [0.15, 0.2) is 0 Å². The Morgan fingerprint density at radius 3 is 2.29 bits per heavy atom. The van der Waals surface area contributed by atoms with Gasteiger partial charge < -0.3 is 19.9 Å². The highest BCUT2D eigenvalue weighted by atomic mass is 19.4. The minimum Gasteiger partial charge on any atom is -0.487 e. The van der Waals surface area contributed by atoms with Crippen LogP contribution in [0.15, 0.2) is 60.7 Å². The summed E-state index contributed by atoms with van der Waals surface area (Å²) in [5, 5.41) is 13.9. The van der Waals surface area contributed by atoms with Crippen LogP contribution >= 0.6 is 0 Å². The summed E-state index contributed by atoms with van der Waals surface area (Å²) in [4.78, 5) is 25.1. The van der Waals surface area contributed by atoms with Gasteiger partial charge in [0.25, 0.3) is 5.91 Å². The standard InChI is InChI=1S/C25H22F3NO5/c26-25(27,28)34-18-10-7-16(8-11-18)15-33-21-19-6-2-1-5-17(19)9-12-20(21)22(30)29-24(23(31)32)13-3-4-14-24/h1-2,5-12H,3-4,13-15H2,(H,29,30)(H,31,32). The molecule has 1 aliphatic carbocycles. The molecular formula is C25H22F3NO5. The van der Waals surface area contributed by atoms with Crippen LogP contribution in [-0.2, 0) is 11.4 Å². The number of carboxylic acid groups (broad SMARTS) is 1. The zero-order valence-electron chi connectivity index (χ0n) is 18.0. The maximum Gasteiger partial charge on any atom is 0.573 e. The fraction of sp³-hybridized carbons (Fsp3) is 0.280. The second-order valence-corrected chi connectivity index (χ2v) is 8.19. The second kappa shape index (κ2) is 9.24. The molecule has 6 nitrogen and oxygen atoms in total. The van der Waals surface area contributed by atoms with Crippen LogP contribution in [0.1, 0.15) is 41.6 Å². The summed E-state index contributed by atoms with van der Waals surface area (Å²) in [6.45, 7) is -0.0232. The van der Waals surface area contributed by atoms with E-state index in [1.54, 1.807) is 24.3 Å². The average Bonchev–Trinajstić information content (AvgIpc) is 3.27. The van der Waals surface area contributed by atoms with Crippen LogP contribution in [0.25, 0.3) is 10.8 Å². The number of aliphatic carboxylic acids is 1. The van der Waals surface area contributed by atoms with Gasteiger partial charge in [-0.15, -0.1) is 13.2 Å². The number of ether oxygens (including phenoxy) is 2. The molecule has 2 N–H and O–H groups in total. The molecule has 0 spiro atoms. The van der Waals surface area contributed by atoms with Gasteiger partial charge in [-0.25, -0.2) is 4.79 Å². The number of hydrogen-bond donors (Lipinski definition) is 2. The van der Waals surface area contributed by atoms with Crippen molar-refractivity contribution in [2.45, 2.75) is 44.2 Å². The Morgan fingerprint density at radius 2 is 1.65 bits per heavy atom. The number of alkyl halides is 3. The van der Waals surface area contributed by atoms with Crippen molar-refractivity contribution in [1.82, 2.24) is 5.32 Å². The van der Waals surface area contributed by atoms with E-state index in [1.165, 1.54) is 24.3 Å². The zero-order chi connectivity index (χ0) is 24.3. The van der Waals surface area contributed by atoms with Crippen molar-refractivity contribution >= 4 is 22.6 Å². The third-order valence-corrected chi connectivity index (χ3v) is 5.88. The van der Waals surface area contributed by atoms with E-state index in [-0.39, 0.29) is 23.7 Å². The summed E-state index contributed by atoms with van der Waals surface area (Å²) < 4.78 is 47.0. The lowest BCUT2D eigenvalue weighted by Crippen LogP contribution is -2.52. The van der Waals surface area contributed by atoms with Crippen molar-refractivity contribution in [3.8, 4) is 11.5 Å². The molecule has 1 aliphatic rings. The number of rotatable bonds is 7. The third kappa shape index (κ3) is 5.08. The number of carbonyl (C=O) groups is 2. The van der Waals surface area contributed by atoms with Crippen LogP contribution in [0.2, 0.25) is 0 Å². The summed E-state index contributed by atoms with van der Waals surface area (Å²) in [6, 6.07) is 15.8. The number of carbonyl (C=O) groups excluding carboxylic acids is 1. The molecule has 0 saturated heterocycles. The maximum atomic E-state index is 13.2. The molecule has 0 atom stereocenters. The van der Waals surface area contributed by atoms with Gasteiger partial charge >= 0.3 is 12.3 Å². The molecule has 0 radical (unpaired) electrons. The maximum absolute atomic E-state index is 13.2. The average molecular weight is 473 g/mol. The highest BCUT2D eigenvalue weighted by Gasteiger charge is 2.43. The predicted octanol–water partition coefficient (Wildman–Crippen LogP) is 5.44. The summed E-state index contributed by atoms with van der Waals surface area (Å²) in [5.74, 6) is -1.71. The summed E-state index contributed by atoms with van der Waals surface area (Å²) in [7, 11) is 0. The molecule has 0 aromatic heterocycles. The van der Waals surface area contributed by atoms with Crippen LogP contribution in [-0.4, -0.2) is 28.9 Å². The number of benzene rings is 3. The molecule has 1 amide bonds. The first-order chi connectivity index (χ1) is 16.2. The first-order valence-corrected chi connectivity index (χ1v) is 10.7. The van der Waals surface area contributed by atoms with E-state index in [9.17, 15) is 27.9 Å². The molecule has 3 aromatic carbocycles. The normalized spacial score (nSPS) is 15.1. The molecule has 3 aromatic rings. The van der Waals surface area contributed by atoms with Crippen LogP contribution in [0.3, 0.4) is 0 Å². The summed E-state index contributed by atoms with van der Waals surface area (Å²) in [6.07, 6.45) is -2.66. The van der Waals surface area contributed by atoms with Gasteiger partial charge in [0.1, 0.15) is 23.6 Å². The molecule has 1 saturated carbocycles. The topological polar surface area (TPSA) is 84.9 Å². The lowest BCUT2D eigenvalue weighted by atomic mass is 9.96. The highest BCUT2D eigenvalue weighted by molar-refractivity contribution is 6.05. The number of hydrogen-bond acceptors (Lipinski definition) is 4. The number of carboxylic acids is 1. The van der Waals surface area contributed by atoms with E-state index >= 15 is 0 Å². The Kier molecular flexibility index (Phi) is 6.37. The van der Waals surface area contributed by atoms with Gasteiger partial charge in [0.2, 0.25) is 0 Å². The quantitative estimate of drug-likeness (QED) is 0.477. The molecule has 178 valence electrons. The lowest BCUT2D eigenvalue weighted by Gasteiger charge is -2.26. The van der Waals surface area contributed by atoms with Crippen molar-refractivity contribution in [2.24, 2.45) is 0 Å². The van der Waals surface area contributed by atoms with E-state index in [2.05, 4.69) is 10.1 Å². The lowest BCUT2D eigenvalue weighted by molar-refractivity contribution is -0.274. The fourth-order valence-corrected chi connectivity index (χ4v) is 4.18. The smallest absolute Gasteiger partial charge is 0.487 e. The van der Waals surface area contributed by atoms with Gasteiger partial charge in [-0.1, -0.05) is 55.3 Å². The molecule has 34 heavy (non-hydrogen) atoms. The predicted molar refractivity (Wildman–Crippen MR) is 118 cm³/mol. The minimum atomic E-state index is -4.78. The number of fused-ring (bicyclic) bond motifs is 1. The first-order valence-electron chi connectivity index (χ1n) is 10.7. The first kappa shape index (κ1) is 23.4. The molecule has 0 bridgehead atoms. The van der Waals surface area contributed by atoms with Gasteiger partial charge in [0, 0.05) is 5.39 Å². The van der Waals surface area contributed by atoms with Crippen molar-refractivity contribution in [3.63, 3.8) is 0 Å². The van der Waals surface area contributed by atoms with Crippen molar-refractivity contribution in [1.29, 1.82) is 0 Å². The van der Waals surface area contributed by atoms with Gasteiger partial charge in [-0.05, 0) is 42.0 Å². The molecule has 9 heteroatoms. The Morgan fingerprint density at radius 1 is 0.971 bits per heavy atom. The van der Waals surface area contributed by atoms with Gasteiger partial charge in [-0.3, -0.25) is 4.79 Å². The molecule has 0 aliphatic heterocycles. The van der Waals surface area contributed by atoms with Crippen molar-refractivity contribution in [3.05, 3.63) is 71.8 Å². The van der Waals surface area contributed by atoms with Crippen LogP contribution < -0.4 is 14.8 Å². The van der Waals surface area contributed by atoms with E-state index in [4.69, 9.17) is 4.74 Å². The SMILES string of the molecule is O=C(NC1(C(=O)O)CCCC1)c1ccc2ccccc2c1OCc1ccc(OC(F)(F)F)cc1. The molecule has 1 fully saturated rings. The Labute approximate surface area is 193 Å². The van der Waals surface area contributed by atoms with Crippen molar-refractivity contribution in [2.75, 3.05) is 0 Å². The van der Waals surface area contributed by atoms with Crippen molar-refractivity contribution < 1.29 is 37.3 Å². The molecule has 0 unspecified atom stereocenters. The third-order valence-electron chi connectivity index (χ3n) is 5.88. The Hall–Kier alpha value is -3.75. The Bertz CT molecular complexity index is 1200. The minimum absolute atomic E-state index is 0.0232. The monoisotopic (exact) mass is 473 g/mol. The number of halogens is 3. The number of amides is 1. The largest absolute Gasteiger partial charge is 0.573 e. The fourth-order valence-electron chi connectivity index (χ4n) is 4.18. The second-order valence-electron chi connectivity index (χ2n) is 8.19. The van der Waals surface area contributed by atoms with E-state index < -0.39 is 23.8 Å². The Balaban J connectivity index is 1.60. The van der Waals surface area contributed by atoms with Crippen LogP contribution in [0.5, 0.6) is 11.5 Å². The molecular weight excluding hydrogens is 451 g/mol. The van der Waals surface area contributed by atoms with E-state index in [1.807, 2.05) is 12.1 Å².